The van der Waals surface area contributed by atoms with Crippen molar-refractivity contribution >= 4 is 5.97 Å². The minimum Gasteiger partial charge on any atom is -0.481 e. The highest BCUT2D eigenvalue weighted by Crippen LogP contribution is 2.03. The lowest BCUT2D eigenvalue weighted by Crippen LogP contribution is -1.99. The first-order valence-electron chi connectivity index (χ1n) is 3.21. The maximum atomic E-state index is 10.2. The van der Waals surface area contributed by atoms with Gasteiger partial charge in [0.25, 0.3) is 0 Å². The second-order valence-corrected chi connectivity index (χ2v) is 2.26. The van der Waals surface area contributed by atoms with Gasteiger partial charge in [-0.2, -0.15) is 0 Å². The molecule has 0 aliphatic carbocycles. The number of carboxylic acids is 1. The number of aliphatic hydroxyl groups excluding tert-OH is 1. The molecule has 0 unspecified atom stereocenters. The molecule has 0 atom stereocenters. The minimum absolute atomic E-state index is 0.0278. The Bertz CT molecular complexity index is 254. The van der Waals surface area contributed by atoms with E-state index in [1.807, 2.05) is 0 Å². The van der Waals surface area contributed by atoms with Gasteiger partial charge in [-0.25, -0.2) is 0 Å². The molecule has 0 aliphatic heterocycles. The summed E-state index contributed by atoms with van der Waals surface area (Å²) < 4.78 is 0. The fourth-order valence-electron chi connectivity index (χ4n) is 0.849. The van der Waals surface area contributed by atoms with Gasteiger partial charge in [0, 0.05) is 11.9 Å². The van der Waals surface area contributed by atoms with Crippen LogP contribution < -0.4 is 0 Å². The number of nitrogens with one attached hydrogen (secondary N) is 1. The van der Waals surface area contributed by atoms with Crippen LogP contribution in [0.1, 0.15) is 11.3 Å². The lowest BCUT2D eigenvalue weighted by molar-refractivity contribution is -0.136. The SMILES string of the molecule is O=C(O)Cc1cc(CO)c[nH]1. The average molecular weight is 155 g/mol. The number of carbonyl (C=O) groups is 1. The van der Waals surface area contributed by atoms with Crippen molar-refractivity contribution in [1.82, 2.24) is 4.98 Å². The third kappa shape index (κ3) is 2.09. The first-order valence-corrected chi connectivity index (χ1v) is 3.21. The minimum atomic E-state index is -0.878. The van der Waals surface area contributed by atoms with Crippen LogP contribution in [0.3, 0.4) is 0 Å². The van der Waals surface area contributed by atoms with Crippen LogP contribution >= 0.6 is 0 Å². The molecule has 4 heteroatoms. The Kier molecular flexibility index (Phi) is 2.28. The number of aromatic nitrogens is 1. The molecule has 0 aliphatic rings. The highest BCUT2D eigenvalue weighted by atomic mass is 16.4. The number of carboxylic acid groups (broad SMARTS) is 1. The first-order chi connectivity index (χ1) is 5.22. The van der Waals surface area contributed by atoms with Crippen LogP contribution in [0.2, 0.25) is 0 Å². The Hall–Kier alpha value is -1.29. The van der Waals surface area contributed by atoms with Crippen molar-refractivity contribution in [2.24, 2.45) is 0 Å². The van der Waals surface area contributed by atoms with Crippen LogP contribution in [0.4, 0.5) is 0 Å². The monoisotopic (exact) mass is 155 g/mol. The van der Waals surface area contributed by atoms with E-state index < -0.39 is 5.97 Å². The van der Waals surface area contributed by atoms with E-state index in [0.717, 1.165) is 0 Å². The number of hydrogen-bond acceptors (Lipinski definition) is 2. The lowest BCUT2D eigenvalue weighted by Gasteiger charge is -1.87. The predicted octanol–water partition coefficient (Wildman–Crippen LogP) is 0.134. The molecule has 0 saturated carbocycles. The van der Waals surface area contributed by atoms with E-state index in [-0.39, 0.29) is 13.0 Å². The van der Waals surface area contributed by atoms with Crippen molar-refractivity contribution in [3.63, 3.8) is 0 Å². The zero-order chi connectivity index (χ0) is 8.27. The molecule has 1 heterocycles. The van der Waals surface area contributed by atoms with Gasteiger partial charge < -0.3 is 15.2 Å². The van der Waals surface area contributed by atoms with Gasteiger partial charge in [0.2, 0.25) is 0 Å². The molecule has 1 rings (SSSR count). The van der Waals surface area contributed by atoms with E-state index >= 15 is 0 Å². The van der Waals surface area contributed by atoms with E-state index in [1.165, 1.54) is 0 Å². The van der Waals surface area contributed by atoms with Gasteiger partial charge in [-0.3, -0.25) is 4.79 Å². The Morgan fingerprint density at radius 1 is 1.64 bits per heavy atom. The van der Waals surface area contributed by atoms with Gasteiger partial charge in [-0.05, 0) is 11.6 Å². The van der Waals surface area contributed by atoms with E-state index in [0.29, 0.717) is 11.3 Å². The van der Waals surface area contributed by atoms with E-state index in [1.54, 1.807) is 12.3 Å². The highest BCUT2D eigenvalue weighted by Gasteiger charge is 2.02. The number of H-pyrrole nitrogens is 1. The topological polar surface area (TPSA) is 73.3 Å². The van der Waals surface area contributed by atoms with Gasteiger partial charge in [-0.1, -0.05) is 0 Å². The van der Waals surface area contributed by atoms with Crippen molar-refractivity contribution in [3.8, 4) is 0 Å². The molecule has 3 N–H and O–H groups in total. The summed E-state index contributed by atoms with van der Waals surface area (Å²) in [5, 5.41) is 17.0. The Labute approximate surface area is 63.5 Å². The van der Waals surface area contributed by atoms with Crippen LogP contribution in [0.25, 0.3) is 0 Å². The summed E-state index contributed by atoms with van der Waals surface area (Å²) in [6, 6.07) is 1.63. The summed E-state index contributed by atoms with van der Waals surface area (Å²) >= 11 is 0. The van der Waals surface area contributed by atoms with Crippen molar-refractivity contribution < 1.29 is 15.0 Å². The van der Waals surface area contributed by atoms with Crippen molar-refractivity contribution in [2.75, 3.05) is 0 Å². The molecule has 0 saturated heterocycles. The molecule has 60 valence electrons. The molecule has 0 amide bonds. The first kappa shape index (κ1) is 7.81. The number of aliphatic hydroxyl groups is 1. The van der Waals surface area contributed by atoms with Crippen molar-refractivity contribution in [2.45, 2.75) is 13.0 Å². The van der Waals surface area contributed by atoms with Crippen LogP contribution in [0.15, 0.2) is 12.3 Å². The highest BCUT2D eigenvalue weighted by molar-refractivity contribution is 5.69. The molecule has 1 aromatic rings. The normalized spacial score (nSPS) is 9.91. The summed E-state index contributed by atoms with van der Waals surface area (Å²) in [7, 11) is 0. The molecule has 11 heavy (non-hydrogen) atoms. The Balaban J connectivity index is 2.65. The fourth-order valence-corrected chi connectivity index (χ4v) is 0.849. The number of aromatic amines is 1. The standard InChI is InChI=1S/C7H9NO3/c9-4-5-1-6(8-3-5)2-7(10)11/h1,3,8-9H,2,4H2,(H,10,11). The smallest absolute Gasteiger partial charge is 0.309 e. The fraction of sp³-hybridized carbons (Fsp3) is 0.286. The maximum absolute atomic E-state index is 10.2. The van der Waals surface area contributed by atoms with Gasteiger partial charge in [0.05, 0.1) is 13.0 Å². The third-order valence-corrected chi connectivity index (χ3v) is 1.33. The number of aliphatic carboxylic acids is 1. The molecule has 1 aromatic heterocycles. The predicted molar refractivity (Wildman–Crippen MR) is 38.1 cm³/mol. The molecule has 0 radical (unpaired) electrons. The van der Waals surface area contributed by atoms with Crippen LogP contribution in [-0.4, -0.2) is 21.2 Å². The Morgan fingerprint density at radius 2 is 2.36 bits per heavy atom. The van der Waals surface area contributed by atoms with Gasteiger partial charge in [0.1, 0.15) is 0 Å². The Morgan fingerprint density at radius 3 is 2.82 bits per heavy atom. The van der Waals surface area contributed by atoms with Gasteiger partial charge in [0.15, 0.2) is 0 Å². The molecular formula is C7H9NO3. The summed E-state index contributed by atoms with van der Waals surface area (Å²) in [5.41, 5.74) is 1.32. The molecule has 4 nitrogen and oxygen atoms in total. The van der Waals surface area contributed by atoms with Crippen LogP contribution in [0, 0.1) is 0 Å². The number of rotatable bonds is 3. The molecule has 0 fully saturated rings. The lowest BCUT2D eigenvalue weighted by atomic mass is 10.3. The van der Waals surface area contributed by atoms with Gasteiger partial charge >= 0.3 is 5.97 Å². The van der Waals surface area contributed by atoms with Crippen molar-refractivity contribution in [3.05, 3.63) is 23.5 Å². The zero-order valence-corrected chi connectivity index (χ0v) is 5.87. The molecular weight excluding hydrogens is 146 g/mol. The third-order valence-electron chi connectivity index (χ3n) is 1.33. The summed E-state index contributed by atoms with van der Waals surface area (Å²) in [5.74, 6) is -0.878. The summed E-state index contributed by atoms with van der Waals surface area (Å²) in [6.07, 6.45) is 1.57. The second-order valence-electron chi connectivity index (χ2n) is 2.26. The molecule has 0 spiro atoms. The van der Waals surface area contributed by atoms with Gasteiger partial charge in [-0.15, -0.1) is 0 Å². The van der Waals surface area contributed by atoms with E-state index in [4.69, 9.17) is 10.2 Å². The van der Waals surface area contributed by atoms with E-state index in [2.05, 4.69) is 4.98 Å². The molecule has 0 aromatic carbocycles. The summed E-state index contributed by atoms with van der Waals surface area (Å²) in [6.45, 7) is -0.0594. The van der Waals surface area contributed by atoms with E-state index in [9.17, 15) is 4.79 Å². The molecule has 0 bridgehead atoms. The zero-order valence-electron chi connectivity index (χ0n) is 5.87. The second kappa shape index (κ2) is 3.21. The van der Waals surface area contributed by atoms with Crippen LogP contribution in [-0.2, 0) is 17.8 Å². The largest absolute Gasteiger partial charge is 0.481 e. The summed E-state index contributed by atoms with van der Waals surface area (Å²) in [4.78, 5) is 12.9. The van der Waals surface area contributed by atoms with Crippen LogP contribution in [0.5, 0.6) is 0 Å². The quantitative estimate of drug-likeness (QED) is 0.581. The van der Waals surface area contributed by atoms with Crippen molar-refractivity contribution in [1.29, 1.82) is 0 Å². The number of hydrogen-bond donors (Lipinski definition) is 3. The maximum Gasteiger partial charge on any atom is 0.309 e. The average Bonchev–Trinajstić information content (AvgIpc) is 2.34.